The molecule has 19 heavy (non-hydrogen) atoms. The minimum atomic E-state index is -4.41. The second-order valence-corrected chi connectivity index (χ2v) is 4.60. The van der Waals surface area contributed by atoms with Crippen LogP contribution in [0.1, 0.15) is 11.6 Å². The Morgan fingerprint density at radius 2 is 2.00 bits per heavy atom. The fourth-order valence-electron chi connectivity index (χ4n) is 1.40. The van der Waals surface area contributed by atoms with E-state index in [1.54, 1.807) is 0 Å². The predicted octanol–water partition coefficient (Wildman–Crippen LogP) is 3.18. The van der Waals surface area contributed by atoms with E-state index in [0.29, 0.717) is 5.56 Å². The lowest BCUT2D eigenvalue weighted by atomic mass is 10.1. The van der Waals surface area contributed by atoms with Gasteiger partial charge in [0.15, 0.2) is 0 Å². The number of hydrogen-bond acceptors (Lipinski definition) is 3. The average Bonchev–Trinajstić information content (AvgIpc) is 2.30. The molecule has 108 valence electrons. The number of alkyl halides is 3. The van der Waals surface area contributed by atoms with Gasteiger partial charge >= 0.3 is 6.18 Å². The van der Waals surface area contributed by atoms with Gasteiger partial charge in [-0.2, -0.15) is 13.2 Å². The van der Waals surface area contributed by atoms with Crippen molar-refractivity contribution in [3.8, 4) is 5.75 Å². The fraction of sp³-hybridized carbons (Fsp3) is 0.455. The molecule has 0 aliphatic carbocycles. The largest absolute Gasteiger partial charge is 0.496 e. The maximum atomic E-state index is 13.3. The first-order chi connectivity index (χ1) is 8.74. The van der Waals surface area contributed by atoms with E-state index in [0.717, 1.165) is 6.07 Å². The summed E-state index contributed by atoms with van der Waals surface area (Å²) in [6.07, 6.45) is -4.41. The van der Waals surface area contributed by atoms with E-state index >= 15 is 0 Å². The van der Waals surface area contributed by atoms with Gasteiger partial charge in [-0.25, -0.2) is 4.39 Å². The van der Waals surface area contributed by atoms with Crippen molar-refractivity contribution in [2.75, 3.05) is 20.3 Å². The highest BCUT2D eigenvalue weighted by atomic mass is 79.9. The molecule has 0 aliphatic heterocycles. The lowest BCUT2D eigenvalue weighted by Gasteiger charge is -2.17. The molecule has 0 amide bonds. The van der Waals surface area contributed by atoms with Crippen LogP contribution in [-0.2, 0) is 4.74 Å². The van der Waals surface area contributed by atoms with Crippen molar-refractivity contribution < 1.29 is 27.0 Å². The summed E-state index contributed by atoms with van der Waals surface area (Å²) < 4.78 is 58.6. The van der Waals surface area contributed by atoms with Crippen LogP contribution in [0, 0.1) is 5.82 Å². The Bertz CT molecular complexity index is 439. The highest BCUT2D eigenvalue weighted by molar-refractivity contribution is 9.10. The molecule has 2 N–H and O–H groups in total. The Balaban J connectivity index is 2.76. The fourth-order valence-corrected chi connectivity index (χ4v) is 1.76. The van der Waals surface area contributed by atoms with Crippen LogP contribution < -0.4 is 10.5 Å². The van der Waals surface area contributed by atoms with Crippen molar-refractivity contribution in [3.05, 3.63) is 28.0 Å². The van der Waals surface area contributed by atoms with Gasteiger partial charge in [0.1, 0.15) is 18.2 Å². The highest BCUT2D eigenvalue weighted by Gasteiger charge is 2.28. The summed E-state index contributed by atoms with van der Waals surface area (Å²) in [4.78, 5) is 0. The van der Waals surface area contributed by atoms with Crippen molar-refractivity contribution in [2.45, 2.75) is 12.2 Å². The van der Waals surface area contributed by atoms with E-state index in [-0.39, 0.29) is 16.8 Å². The number of methoxy groups -OCH3 is 1. The van der Waals surface area contributed by atoms with Crippen molar-refractivity contribution in [1.82, 2.24) is 0 Å². The smallest absolute Gasteiger partial charge is 0.411 e. The third kappa shape index (κ3) is 4.96. The minimum absolute atomic E-state index is 0.148. The summed E-state index contributed by atoms with van der Waals surface area (Å²) in [7, 11) is 1.31. The summed E-state index contributed by atoms with van der Waals surface area (Å²) in [5.74, 6) is -0.396. The zero-order valence-corrected chi connectivity index (χ0v) is 11.5. The molecule has 0 fully saturated rings. The molecule has 1 aromatic carbocycles. The second kappa shape index (κ2) is 6.53. The number of rotatable bonds is 5. The van der Waals surface area contributed by atoms with Gasteiger partial charge in [-0.05, 0) is 22.0 Å². The molecule has 0 saturated carbocycles. The van der Waals surface area contributed by atoms with Crippen LogP contribution in [0.3, 0.4) is 0 Å². The molecule has 1 unspecified atom stereocenters. The monoisotopic (exact) mass is 345 g/mol. The van der Waals surface area contributed by atoms with Crippen molar-refractivity contribution in [1.29, 1.82) is 0 Å². The highest BCUT2D eigenvalue weighted by Crippen LogP contribution is 2.30. The van der Waals surface area contributed by atoms with Gasteiger partial charge in [-0.3, -0.25) is 0 Å². The molecule has 0 saturated heterocycles. The number of ether oxygens (including phenoxy) is 2. The molecule has 8 heteroatoms. The second-order valence-electron chi connectivity index (χ2n) is 3.75. The molecule has 0 aliphatic rings. The van der Waals surface area contributed by atoms with Crippen LogP contribution in [0.5, 0.6) is 5.75 Å². The van der Waals surface area contributed by atoms with Gasteiger partial charge in [0.25, 0.3) is 0 Å². The van der Waals surface area contributed by atoms with Crippen LogP contribution in [0.15, 0.2) is 16.6 Å². The first-order valence-corrected chi connectivity index (χ1v) is 5.97. The van der Waals surface area contributed by atoms with E-state index in [9.17, 15) is 17.6 Å². The minimum Gasteiger partial charge on any atom is -0.496 e. The Morgan fingerprint density at radius 1 is 1.37 bits per heavy atom. The number of nitrogens with two attached hydrogens (primary N) is 1. The lowest BCUT2D eigenvalue weighted by Crippen LogP contribution is -2.23. The van der Waals surface area contributed by atoms with Gasteiger partial charge in [0, 0.05) is 11.6 Å². The molecule has 1 aromatic rings. The lowest BCUT2D eigenvalue weighted by molar-refractivity contribution is -0.174. The number of halogens is 5. The molecule has 1 atom stereocenters. The van der Waals surface area contributed by atoms with Gasteiger partial charge in [0.05, 0.1) is 24.2 Å². The normalized spacial score (nSPS) is 13.4. The quantitative estimate of drug-likeness (QED) is 0.833. The first kappa shape index (κ1) is 16.2. The molecule has 0 heterocycles. The van der Waals surface area contributed by atoms with E-state index in [4.69, 9.17) is 10.5 Å². The molecule has 0 aromatic heterocycles. The van der Waals surface area contributed by atoms with E-state index in [1.165, 1.54) is 13.2 Å². The van der Waals surface area contributed by atoms with Gasteiger partial charge < -0.3 is 15.2 Å². The number of hydrogen-bond donors (Lipinski definition) is 1. The molecular formula is C11H12BrF4NO2. The molecule has 3 nitrogen and oxygen atoms in total. The van der Waals surface area contributed by atoms with Gasteiger partial charge in [-0.15, -0.1) is 0 Å². The van der Waals surface area contributed by atoms with Crippen LogP contribution in [0.2, 0.25) is 0 Å². The Kier molecular flexibility index (Phi) is 5.57. The third-order valence-corrected chi connectivity index (χ3v) is 2.84. The maximum Gasteiger partial charge on any atom is 0.411 e. The molecule has 0 bridgehead atoms. The molecule has 0 radical (unpaired) electrons. The molecule has 1 rings (SSSR count). The molecule has 0 spiro atoms. The molecular weight excluding hydrogens is 334 g/mol. The van der Waals surface area contributed by atoms with Gasteiger partial charge in [-0.1, -0.05) is 0 Å². The zero-order valence-electron chi connectivity index (χ0n) is 9.93. The van der Waals surface area contributed by atoms with Gasteiger partial charge in [0.2, 0.25) is 0 Å². The summed E-state index contributed by atoms with van der Waals surface area (Å²) in [6.45, 7) is -1.74. The summed E-state index contributed by atoms with van der Waals surface area (Å²) in [5.41, 5.74) is 6.06. The van der Waals surface area contributed by atoms with Crippen molar-refractivity contribution in [2.24, 2.45) is 5.73 Å². The Labute approximate surface area is 115 Å². The average molecular weight is 346 g/mol. The van der Waals surface area contributed by atoms with Crippen LogP contribution in [0.25, 0.3) is 0 Å². The van der Waals surface area contributed by atoms with E-state index in [2.05, 4.69) is 20.7 Å². The Morgan fingerprint density at radius 3 is 2.53 bits per heavy atom. The first-order valence-electron chi connectivity index (χ1n) is 5.17. The van der Waals surface area contributed by atoms with Crippen LogP contribution in [-0.4, -0.2) is 26.5 Å². The Hall–Kier alpha value is -0.860. The standard InChI is InChI=1S/C11H12BrF4NO2/c1-18-10-3-8(13)7(12)2-6(10)9(17)4-19-5-11(14,15)16/h2-3,9H,4-5,17H2,1H3. The SMILES string of the molecule is COc1cc(F)c(Br)cc1C(N)COCC(F)(F)F. The topological polar surface area (TPSA) is 44.5 Å². The maximum absolute atomic E-state index is 13.3. The zero-order chi connectivity index (χ0) is 14.6. The summed E-state index contributed by atoms with van der Waals surface area (Å²) in [6, 6.07) is 1.60. The van der Waals surface area contributed by atoms with E-state index in [1.807, 2.05) is 0 Å². The summed E-state index contributed by atoms with van der Waals surface area (Å²) >= 11 is 2.97. The van der Waals surface area contributed by atoms with Crippen molar-refractivity contribution in [3.63, 3.8) is 0 Å². The third-order valence-electron chi connectivity index (χ3n) is 2.24. The van der Waals surface area contributed by atoms with E-state index < -0.39 is 24.6 Å². The van der Waals surface area contributed by atoms with Crippen LogP contribution >= 0.6 is 15.9 Å². The van der Waals surface area contributed by atoms with Crippen molar-refractivity contribution >= 4 is 15.9 Å². The summed E-state index contributed by atoms with van der Waals surface area (Å²) in [5, 5.41) is 0. The van der Waals surface area contributed by atoms with Crippen LogP contribution in [0.4, 0.5) is 17.6 Å². The number of benzene rings is 1. The predicted molar refractivity (Wildman–Crippen MR) is 64.5 cm³/mol.